The van der Waals surface area contributed by atoms with E-state index >= 15 is 0 Å². The van der Waals surface area contributed by atoms with Crippen molar-refractivity contribution in [3.8, 4) is 0 Å². The number of anilines is 2. The molecule has 6 nitrogen and oxygen atoms in total. The lowest BCUT2D eigenvalue weighted by Crippen LogP contribution is -2.35. The highest BCUT2D eigenvalue weighted by atomic mass is 32.2. The van der Waals surface area contributed by atoms with Gasteiger partial charge in [-0.3, -0.25) is 9.03 Å². The van der Waals surface area contributed by atoms with Crippen molar-refractivity contribution in [1.82, 2.24) is 0 Å². The molecule has 1 heterocycles. The molecule has 0 saturated heterocycles. The van der Waals surface area contributed by atoms with Gasteiger partial charge >= 0.3 is 0 Å². The zero-order chi connectivity index (χ0) is 21.4. The van der Waals surface area contributed by atoms with Gasteiger partial charge in [-0.05, 0) is 73.4 Å². The van der Waals surface area contributed by atoms with Gasteiger partial charge in [0.2, 0.25) is 0 Å². The fourth-order valence-corrected chi connectivity index (χ4v) is 6.31. The van der Waals surface area contributed by atoms with Crippen LogP contribution in [0.1, 0.15) is 17.5 Å². The first-order valence-electron chi connectivity index (χ1n) is 9.58. The van der Waals surface area contributed by atoms with Crippen LogP contribution < -0.4 is 9.03 Å². The van der Waals surface area contributed by atoms with Crippen molar-refractivity contribution in [2.24, 2.45) is 0 Å². The second-order valence-electron chi connectivity index (χ2n) is 7.26. The zero-order valence-corrected chi connectivity index (χ0v) is 18.1. The van der Waals surface area contributed by atoms with E-state index in [0.717, 1.165) is 11.1 Å². The first-order chi connectivity index (χ1) is 14.3. The van der Waals surface area contributed by atoms with Gasteiger partial charge in [-0.25, -0.2) is 16.8 Å². The monoisotopic (exact) mass is 442 g/mol. The van der Waals surface area contributed by atoms with Crippen LogP contribution >= 0.6 is 0 Å². The van der Waals surface area contributed by atoms with Crippen LogP contribution in [0.4, 0.5) is 11.4 Å². The molecule has 1 N–H and O–H groups in total. The summed E-state index contributed by atoms with van der Waals surface area (Å²) in [6.45, 7) is 2.22. The van der Waals surface area contributed by atoms with E-state index in [4.69, 9.17) is 0 Å². The van der Waals surface area contributed by atoms with Gasteiger partial charge < -0.3 is 0 Å². The first-order valence-corrected chi connectivity index (χ1v) is 12.5. The lowest BCUT2D eigenvalue weighted by Gasteiger charge is -2.31. The minimum absolute atomic E-state index is 0.188. The molecule has 0 fully saturated rings. The van der Waals surface area contributed by atoms with Crippen LogP contribution in [0.3, 0.4) is 0 Å². The van der Waals surface area contributed by atoms with E-state index in [9.17, 15) is 16.8 Å². The van der Waals surface area contributed by atoms with E-state index in [0.29, 0.717) is 30.8 Å². The van der Waals surface area contributed by atoms with Gasteiger partial charge in [0.05, 0.1) is 15.5 Å². The van der Waals surface area contributed by atoms with Crippen molar-refractivity contribution < 1.29 is 16.8 Å². The molecule has 0 saturated carbocycles. The Kier molecular flexibility index (Phi) is 5.29. The summed E-state index contributed by atoms with van der Waals surface area (Å²) in [6, 6.07) is 20.0. The van der Waals surface area contributed by atoms with Crippen molar-refractivity contribution in [2.75, 3.05) is 15.6 Å². The second-order valence-corrected chi connectivity index (χ2v) is 10.8. The van der Waals surface area contributed by atoms with Crippen LogP contribution in [0.5, 0.6) is 0 Å². The Bertz CT molecular complexity index is 1290. The maximum Gasteiger partial charge on any atom is 0.264 e. The quantitative estimate of drug-likeness (QED) is 0.649. The van der Waals surface area contributed by atoms with E-state index in [1.54, 1.807) is 66.7 Å². The Labute approximate surface area is 177 Å². The third kappa shape index (κ3) is 3.93. The SMILES string of the molecule is Cc1cccc(S(=O)(=O)Nc2ccc3c(c2)CCCN3S(=O)(=O)c2ccccc2)c1. The number of benzene rings is 3. The molecule has 3 aromatic carbocycles. The summed E-state index contributed by atoms with van der Waals surface area (Å²) in [7, 11) is -7.41. The van der Waals surface area contributed by atoms with Crippen molar-refractivity contribution >= 4 is 31.4 Å². The lowest BCUT2D eigenvalue weighted by atomic mass is 10.0. The summed E-state index contributed by atoms with van der Waals surface area (Å²) < 4.78 is 55.6. The van der Waals surface area contributed by atoms with Crippen LogP contribution in [-0.2, 0) is 26.5 Å². The molecule has 0 aliphatic carbocycles. The van der Waals surface area contributed by atoms with Gasteiger partial charge in [0.15, 0.2) is 0 Å². The van der Waals surface area contributed by atoms with E-state index < -0.39 is 20.0 Å². The van der Waals surface area contributed by atoms with Crippen LogP contribution in [-0.4, -0.2) is 23.4 Å². The summed E-state index contributed by atoms with van der Waals surface area (Å²) >= 11 is 0. The van der Waals surface area contributed by atoms with Crippen LogP contribution in [0.2, 0.25) is 0 Å². The largest absolute Gasteiger partial charge is 0.280 e. The fourth-order valence-electron chi connectivity index (χ4n) is 3.59. The highest BCUT2D eigenvalue weighted by Crippen LogP contribution is 2.34. The maximum atomic E-state index is 13.1. The molecule has 0 atom stereocenters. The predicted molar refractivity (Wildman–Crippen MR) is 118 cm³/mol. The molecule has 30 heavy (non-hydrogen) atoms. The molecule has 0 unspecified atom stereocenters. The number of hydrogen-bond donors (Lipinski definition) is 1. The minimum Gasteiger partial charge on any atom is -0.280 e. The maximum absolute atomic E-state index is 13.1. The van der Waals surface area contributed by atoms with Gasteiger partial charge in [0, 0.05) is 12.2 Å². The number of fused-ring (bicyclic) bond motifs is 1. The standard InChI is InChI=1S/C22H22N2O4S2/c1-17-7-5-11-21(15-17)29(25,26)23-19-12-13-22-18(16-19)8-6-14-24(22)30(27,28)20-9-3-2-4-10-20/h2-5,7,9-13,15-16,23H,6,8,14H2,1H3. The van der Waals surface area contributed by atoms with E-state index in [2.05, 4.69) is 4.72 Å². The van der Waals surface area contributed by atoms with Crippen molar-refractivity contribution in [3.05, 3.63) is 83.9 Å². The highest BCUT2D eigenvalue weighted by molar-refractivity contribution is 7.93. The normalized spacial score (nSPS) is 14.2. The summed E-state index contributed by atoms with van der Waals surface area (Å²) in [5, 5.41) is 0. The Hall–Kier alpha value is -2.84. The molecule has 0 amide bonds. The smallest absolute Gasteiger partial charge is 0.264 e. The fraction of sp³-hybridized carbons (Fsp3) is 0.182. The van der Waals surface area contributed by atoms with Crippen LogP contribution in [0, 0.1) is 6.92 Å². The molecular weight excluding hydrogens is 420 g/mol. The number of sulfonamides is 2. The Morgan fingerprint density at radius 3 is 2.30 bits per heavy atom. The minimum atomic E-state index is -3.73. The molecule has 3 aromatic rings. The number of hydrogen-bond acceptors (Lipinski definition) is 4. The highest BCUT2D eigenvalue weighted by Gasteiger charge is 2.29. The number of nitrogens with one attached hydrogen (secondary N) is 1. The lowest BCUT2D eigenvalue weighted by molar-refractivity contribution is 0.586. The third-order valence-corrected chi connectivity index (χ3v) is 8.25. The predicted octanol–water partition coefficient (Wildman–Crippen LogP) is 3.94. The average Bonchev–Trinajstić information content (AvgIpc) is 2.73. The van der Waals surface area contributed by atoms with Crippen molar-refractivity contribution in [2.45, 2.75) is 29.6 Å². The summed E-state index contributed by atoms with van der Waals surface area (Å²) in [4.78, 5) is 0.426. The molecule has 0 spiro atoms. The number of aryl methyl sites for hydroxylation is 2. The van der Waals surface area contributed by atoms with Gasteiger partial charge in [-0.1, -0.05) is 30.3 Å². The van der Waals surface area contributed by atoms with Gasteiger partial charge in [0.25, 0.3) is 20.0 Å². The molecule has 1 aliphatic rings. The van der Waals surface area contributed by atoms with Gasteiger partial charge in [-0.2, -0.15) is 0 Å². The molecular formula is C22H22N2O4S2. The number of rotatable bonds is 5. The van der Waals surface area contributed by atoms with Crippen LogP contribution in [0.15, 0.2) is 82.6 Å². The molecule has 156 valence electrons. The molecule has 0 bridgehead atoms. The first kappa shape index (κ1) is 20.4. The second kappa shape index (κ2) is 7.77. The Morgan fingerprint density at radius 2 is 1.57 bits per heavy atom. The summed E-state index contributed by atoms with van der Waals surface area (Å²) in [5.74, 6) is 0. The summed E-state index contributed by atoms with van der Waals surface area (Å²) in [6.07, 6.45) is 1.34. The molecule has 1 aliphatic heterocycles. The molecule has 0 aromatic heterocycles. The van der Waals surface area contributed by atoms with Crippen molar-refractivity contribution in [3.63, 3.8) is 0 Å². The van der Waals surface area contributed by atoms with E-state index in [1.165, 1.54) is 4.31 Å². The summed E-state index contributed by atoms with van der Waals surface area (Å²) in [5.41, 5.74) is 2.65. The third-order valence-electron chi connectivity index (χ3n) is 5.04. The molecule has 8 heteroatoms. The van der Waals surface area contributed by atoms with Crippen molar-refractivity contribution in [1.29, 1.82) is 0 Å². The van der Waals surface area contributed by atoms with E-state index in [-0.39, 0.29) is 9.79 Å². The van der Waals surface area contributed by atoms with E-state index in [1.807, 2.05) is 13.0 Å². The Balaban J connectivity index is 1.66. The number of nitrogens with zero attached hydrogens (tertiary/aromatic N) is 1. The van der Waals surface area contributed by atoms with Gasteiger partial charge in [-0.15, -0.1) is 0 Å². The zero-order valence-electron chi connectivity index (χ0n) is 16.4. The molecule has 0 radical (unpaired) electrons. The Morgan fingerprint density at radius 1 is 0.833 bits per heavy atom. The van der Waals surface area contributed by atoms with Crippen LogP contribution in [0.25, 0.3) is 0 Å². The van der Waals surface area contributed by atoms with Gasteiger partial charge in [0.1, 0.15) is 0 Å². The topological polar surface area (TPSA) is 83.6 Å². The molecule has 4 rings (SSSR count). The average molecular weight is 443 g/mol.